The molecule has 2 aromatic heterocycles. The molecule has 1 fully saturated rings. The van der Waals surface area contributed by atoms with Crippen LogP contribution in [0.5, 0.6) is 0 Å². The summed E-state index contributed by atoms with van der Waals surface area (Å²) < 4.78 is 15.4. The van der Waals surface area contributed by atoms with Crippen molar-refractivity contribution in [3.63, 3.8) is 0 Å². The highest BCUT2D eigenvalue weighted by Crippen LogP contribution is 2.23. The number of halogens is 1. The first-order chi connectivity index (χ1) is 10.2. The highest BCUT2D eigenvalue weighted by Gasteiger charge is 2.32. The summed E-state index contributed by atoms with van der Waals surface area (Å²) in [5.74, 6) is 0. The Labute approximate surface area is 127 Å². The van der Waals surface area contributed by atoms with Crippen LogP contribution in [0.3, 0.4) is 0 Å². The zero-order valence-electron chi connectivity index (χ0n) is 11.9. The molecule has 21 heavy (non-hydrogen) atoms. The number of nitrogens with zero attached hydrogens (tertiary/aromatic N) is 5. The monoisotopic (exact) mass is 310 g/mol. The molecular weight excluding hydrogens is 291 g/mol. The Morgan fingerprint density at radius 2 is 2.43 bits per heavy atom. The Bertz CT molecular complexity index is 557. The Morgan fingerprint density at radius 1 is 1.52 bits per heavy atom. The molecule has 0 bridgehead atoms. The number of hydrogen-bond acceptors (Lipinski definition) is 6. The van der Waals surface area contributed by atoms with Gasteiger partial charge in [-0.1, -0.05) is 5.21 Å². The second kappa shape index (κ2) is 6.59. The maximum atomic E-state index is 13.7. The van der Waals surface area contributed by atoms with Crippen LogP contribution >= 0.6 is 11.3 Å². The molecule has 0 spiro atoms. The van der Waals surface area contributed by atoms with E-state index in [1.54, 1.807) is 28.4 Å². The lowest BCUT2D eigenvalue weighted by molar-refractivity contribution is 0.229. The molecule has 1 saturated heterocycles. The SMILES string of the molecule is Cn1nncc1CNC[C@@H]1C[C@H](F)CN1Cc1nccs1. The number of alkyl halides is 1. The van der Waals surface area contributed by atoms with Crippen molar-refractivity contribution in [2.75, 3.05) is 13.1 Å². The Balaban J connectivity index is 1.52. The normalized spacial score (nSPS) is 23.0. The third-order valence-electron chi connectivity index (χ3n) is 3.79. The van der Waals surface area contributed by atoms with Crippen LogP contribution in [0.1, 0.15) is 17.1 Å². The van der Waals surface area contributed by atoms with Gasteiger partial charge in [-0.2, -0.15) is 0 Å². The van der Waals surface area contributed by atoms with Gasteiger partial charge in [-0.3, -0.25) is 9.58 Å². The van der Waals surface area contributed by atoms with Crippen molar-refractivity contribution in [3.8, 4) is 0 Å². The van der Waals surface area contributed by atoms with Gasteiger partial charge in [-0.15, -0.1) is 16.4 Å². The van der Waals surface area contributed by atoms with E-state index in [0.29, 0.717) is 19.5 Å². The predicted octanol–water partition coefficient (Wildman–Crippen LogP) is 0.974. The fourth-order valence-corrected chi connectivity index (χ4v) is 3.31. The van der Waals surface area contributed by atoms with Crippen LogP contribution in [-0.2, 0) is 20.1 Å². The van der Waals surface area contributed by atoms with Crippen LogP contribution in [-0.4, -0.2) is 50.2 Å². The van der Waals surface area contributed by atoms with E-state index in [1.807, 2.05) is 12.4 Å². The van der Waals surface area contributed by atoms with Gasteiger partial charge in [-0.05, 0) is 6.42 Å². The lowest BCUT2D eigenvalue weighted by atomic mass is 10.2. The molecule has 6 nitrogen and oxygen atoms in total. The summed E-state index contributed by atoms with van der Waals surface area (Å²) in [7, 11) is 1.87. The molecule has 1 N–H and O–H groups in total. The average molecular weight is 310 g/mol. The van der Waals surface area contributed by atoms with E-state index in [1.165, 1.54) is 0 Å². The average Bonchev–Trinajstić information content (AvgIpc) is 3.15. The van der Waals surface area contributed by atoms with Crippen molar-refractivity contribution >= 4 is 11.3 Å². The maximum absolute atomic E-state index is 13.7. The van der Waals surface area contributed by atoms with E-state index >= 15 is 0 Å². The smallest absolute Gasteiger partial charge is 0.114 e. The van der Waals surface area contributed by atoms with E-state index in [-0.39, 0.29) is 6.04 Å². The number of hydrogen-bond donors (Lipinski definition) is 1. The van der Waals surface area contributed by atoms with Gasteiger partial charge in [0.2, 0.25) is 0 Å². The van der Waals surface area contributed by atoms with E-state index < -0.39 is 6.17 Å². The highest BCUT2D eigenvalue weighted by molar-refractivity contribution is 7.09. The molecule has 0 aromatic carbocycles. The van der Waals surface area contributed by atoms with Crippen molar-refractivity contribution in [2.45, 2.75) is 31.7 Å². The van der Waals surface area contributed by atoms with Crippen molar-refractivity contribution < 1.29 is 4.39 Å². The van der Waals surface area contributed by atoms with Gasteiger partial charge in [0.1, 0.15) is 11.2 Å². The zero-order valence-corrected chi connectivity index (χ0v) is 12.8. The summed E-state index contributed by atoms with van der Waals surface area (Å²) in [4.78, 5) is 6.46. The first-order valence-electron chi connectivity index (χ1n) is 7.03. The molecule has 3 rings (SSSR count). The molecule has 3 heterocycles. The number of aromatic nitrogens is 4. The van der Waals surface area contributed by atoms with Crippen molar-refractivity contribution in [3.05, 3.63) is 28.5 Å². The van der Waals surface area contributed by atoms with Gasteiger partial charge in [-0.25, -0.2) is 9.37 Å². The summed E-state index contributed by atoms with van der Waals surface area (Å²) in [6.45, 7) is 2.69. The Hall–Kier alpha value is -1.38. The minimum atomic E-state index is -0.741. The van der Waals surface area contributed by atoms with Crippen LogP contribution in [0.15, 0.2) is 17.8 Å². The largest absolute Gasteiger partial charge is 0.310 e. The molecule has 0 radical (unpaired) electrons. The minimum absolute atomic E-state index is 0.213. The lowest BCUT2D eigenvalue weighted by Crippen LogP contribution is -2.37. The van der Waals surface area contributed by atoms with E-state index in [0.717, 1.165) is 23.8 Å². The van der Waals surface area contributed by atoms with Crippen molar-refractivity contribution in [1.82, 2.24) is 30.2 Å². The number of thiazole rings is 1. The van der Waals surface area contributed by atoms with Gasteiger partial charge in [0.25, 0.3) is 0 Å². The molecule has 1 aliphatic rings. The van der Waals surface area contributed by atoms with Gasteiger partial charge in [0, 0.05) is 44.3 Å². The van der Waals surface area contributed by atoms with E-state index in [2.05, 4.69) is 25.5 Å². The predicted molar refractivity (Wildman–Crippen MR) is 78.5 cm³/mol. The first-order valence-corrected chi connectivity index (χ1v) is 7.91. The fourth-order valence-electron chi connectivity index (χ4n) is 2.67. The quantitative estimate of drug-likeness (QED) is 0.862. The van der Waals surface area contributed by atoms with Gasteiger partial charge >= 0.3 is 0 Å². The van der Waals surface area contributed by atoms with Gasteiger partial charge < -0.3 is 5.32 Å². The van der Waals surface area contributed by atoms with Crippen LogP contribution in [0.25, 0.3) is 0 Å². The molecule has 114 valence electrons. The highest BCUT2D eigenvalue weighted by atomic mass is 32.1. The van der Waals surface area contributed by atoms with Gasteiger partial charge in [0.15, 0.2) is 0 Å². The van der Waals surface area contributed by atoms with Crippen LogP contribution < -0.4 is 5.32 Å². The van der Waals surface area contributed by atoms with Crippen molar-refractivity contribution in [1.29, 1.82) is 0 Å². The number of aryl methyl sites for hydroxylation is 1. The van der Waals surface area contributed by atoms with E-state index in [9.17, 15) is 4.39 Å². The summed E-state index contributed by atoms with van der Waals surface area (Å²) >= 11 is 1.62. The first kappa shape index (κ1) is 14.6. The molecule has 0 unspecified atom stereocenters. The Kier molecular flexibility index (Phi) is 4.57. The van der Waals surface area contributed by atoms with E-state index in [4.69, 9.17) is 0 Å². The summed E-state index contributed by atoms with van der Waals surface area (Å²) in [5, 5.41) is 14.1. The summed E-state index contributed by atoms with van der Waals surface area (Å²) in [5.41, 5.74) is 1.02. The molecule has 1 aliphatic heterocycles. The molecule has 2 atom stereocenters. The van der Waals surface area contributed by atoms with Crippen LogP contribution in [0, 0.1) is 0 Å². The lowest BCUT2D eigenvalue weighted by Gasteiger charge is -2.23. The Morgan fingerprint density at radius 3 is 3.14 bits per heavy atom. The number of nitrogens with one attached hydrogen (secondary N) is 1. The van der Waals surface area contributed by atoms with Crippen LogP contribution in [0.4, 0.5) is 4.39 Å². The second-order valence-corrected chi connectivity index (χ2v) is 6.30. The molecule has 0 aliphatic carbocycles. The fraction of sp³-hybridized carbons (Fsp3) is 0.615. The molecule has 2 aromatic rings. The number of rotatable bonds is 6. The van der Waals surface area contributed by atoms with Crippen LogP contribution in [0.2, 0.25) is 0 Å². The molecule has 8 heteroatoms. The van der Waals surface area contributed by atoms with Crippen molar-refractivity contribution in [2.24, 2.45) is 7.05 Å². The molecular formula is C13H19FN6S. The van der Waals surface area contributed by atoms with Gasteiger partial charge in [0.05, 0.1) is 18.4 Å². The minimum Gasteiger partial charge on any atom is -0.310 e. The maximum Gasteiger partial charge on any atom is 0.114 e. The summed E-state index contributed by atoms with van der Waals surface area (Å²) in [6, 6.07) is 0.213. The third-order valence-corrected chi connectivity index (χ3v) is 4.56. The second-order valence-electron chi connectivity index (χ2n) is 5.32. The summed E-state index contributed by atoms with van der Waals surface area (Å²) in [6.07, 6.45) is 3.38. The molecule has 0 saturated carbocycles. The standard InChI is InChI=1S/C13H19FN6S/c1-19-12(7-17-18-19)6-15-5-11-4-10(14)8-20(11)9-13-16-2-3-21-13/h2-3,7,10-11,15H,4-6,8-9H2,1H3/t10-,11-/m0/s1. The molecule has 0 amide bonds. The number of likely N-dealkylation sites (tertiary alicyclic amines) is 1. The topological polar surface area (TPSA) is 58.9 Å². The third kappa shape index (κ3) is 3.63. The zero-order chi connectivity index (χ0) is 14.7.